The molecule has 0 bridgehead atoms. The Morgan fingerprint density at radius 1 is 0.725 bits per heavy atom. The van der Waals surface area contributed by atoms with E-state index >= 15 is 0 Å². The summed E-state index contributed by atoms with van der Waals surface area (Å²) in [6.07, 6.45) is 0.0539. The zero-order valence-electron chi connectivity index (χ0n) is 28.1. The van der Waals surface area contributed by atoms with E-state index < -0.39 is 6.17 Å². The average molecular weight is 698 g/mol. The molecule has 13 nitrogen and oxygen atoms in total. The molecule has 0 fully saturated rings. The van der Waals surface area contributed by atoms with E-state index in [0.717, 1.165) is 11.3 Å². The monoisotopic (exact) mass is 697 g/mol. The predicted octanol–water partition coefficient (Wildman–Crippen LogP) is 4.70. The van der Waals surface area contributed by atoms with Gasteiger partial charge in [-0.3, -0.25) is 4.79 Å². The number of benzene rings is 4. The molecule has 6 rings (SSSR count). The summed E-state index contributed by atoms with van der Waals surface area (Å²) in [5.74, 6) is 1.98. The van der Waals surface area contributed by atoms with Crippen molar-refractivity contribution in [2.24, 2.45) is 0 Å². The number of hydrogen-bond donors (Lipinski definition) is 6. The van der Waals surface area contributed by atoms with Gasteiger partial charge in [0, 0.05) is 34.9 Å². The molecule has 13 heteroatoms. The highest BCUT2D eigenvalue weighted by molar-refractivity contribution is 6.01. The number of fused-ring (bicyclic) bond motifs is 1. The first kappa shape index (κ1) is 35.2. The van der Waals surface area contributed by atoms with Crippen molar-refractivity contribution in [3.05, 3.63) is 106 Å². The third-order valence-corrected chi connectivity index (χ3v) is 8.61. The van der Waals surface area contributed by atoms with Crippen molar-refractivity contribution in [1.29, 1.82) is 0 Å². The Morgan fingerprint density at radius 2 is 1.41 bits per heavy atom. The molecule has 0 aliphatic carbocycles. The highest BCUT2D eigenvalue weighted by Gasteiger charge is 2.25. The minimum Gasteiger partial charge on any atom is -0.493 e. The molecule has 4 aromatic carbocycles. The number of carbonyl (C=O) groups is 1. The second-order valence-corrected chi connectivity index (χ2v) is 11.7. The summed E-state index contributed by atoms with van der Waals surface area (Å²) in [4.78, 5) is 12.6. The predicted molar refractivity (Wildman–Crippen MR) is 186 cm³/mol. The van der Waals surface area contributed by atoms with Crippen LogP contribution in [0.5, 0.6) is 23.0 Å². The maximum absolute atomic E-state index is 12.6. The molecule has 1 amide bonds. The average Bonchev–Trinajstić information content (AvgIpc) is 3.67. The van der Waals surface area contributed by atoms with Crippen LogP contribution in [0.2, 0.25) is 0 Å². The van der Waals surface area contributed by atoms with Crippen LogP contribution in [-0.4, -0.2) is 58.9 Å². The van der Waals surface area contributed by atoms with Crippen LogP contribution >= 0.6 is 0 Å². The second-order valence-electron chi connectivity index (χ2n) is 11.7. The van der Waals surface area contributed by atoms with Crippen molar-refractivity contribution in [2.45, 2.75) is 39.0 Å². The van der Waals surface area contributed by atoms with Gasteiger partial charge in [-0.25, -0.2) is 0 Å². The lowest BCUT2D eigenvalue weighted by Crippen LogP contribution is -2.38. The molecule has 0 radical (unpaired) electrons. The van der Waals surface area contributed by atoms with Gasteiger partial charge >= 0.3 is 0 Å². The standard InChI is InChI=1S/C38H39N3O10/c1-47-34-15-23(31-17-33(51-41-31)24-13-25(18-42)29(21-45)26(14-24)19-43)16-35(48-2)36(34)50-11-5-10-49-32-9-8-22(12-27(32)20-44)37-39-30-7-4-3-6-28(30)38(46)40-37/h3-4,6-9,12-17,37,39,42-45H,5,10-11,18-21H2,1-2H3,(H,40,46). The quantitative estimate of drug-likeness (QED) is 0.0831. The van der Waals surface area contributed by atoms with Crippen molar-refractivity contribution in [2.75, 3.05) is 32.8 Å². The Hall–Kier alpha value is -5.60. The van der Waals surface area contributed by atoms with E-state index in [1.807, 2.05) is 24.3 Å². The second kappa shape index (κ2) is 16.0. The third-order valence-electron chi connectivity index (χ3n) is 8.61. The summed E-state index contributed by atoms with van der Waals surface area (Å²) in [6, 6.07) is 21.3. The zero-order valence-corrected chi connectivity index (χ0v) is 28.1. The Kier molecular flexibility index (Phi) is 11.0. The van der Waals surface area contributed by atoms with Gasteiger partial charge in [-0.15, -0.1) is 0 Å². The van der Waals surface area contributed by atoms with Gasteiger partial charge < -0.3 is 54.5 Å². The molecule has 1 aromatic heterocycles. The molecule has 2 heterocycles. The van der Waals surface area contributed by atoms with Crippen molar-refractivity contribution >= 4 is 11.6 Å². The molecule has 1 unspecified atom stereocenters. The number of hydrogen-bond acceptors (Lipinski definition) is 12. The highest BCUT2D eigenvalue weighted by Crippen LogP contribution is 2.42. The summed E-state index contributed by atoms with van der Waals surface area (Å²) in [6.45, 7) is -0.606. The van der Waals surface area contributed by atoms with Gasteiger partial charge in [0.25, 0.3) is 5.91 Å². The molecule has 1 aliphatic heterocycles. The van der Waals surface area contributed by atoms with Crippen molar-refractivity contribution in [1.82, 2.24) is 10.5 Å². The number of aromatic nitrogens is 1. The van der Waals surface area contributed by atoms with Crippen LogP contribution in [0.4, 0.5) is 5.69 Å². The first-order chi connectivity index (χ1) is 24.9. The smallest absolute Gasteiger partial charge is 0.255 e. The molecule has 1 aliphatic rings. The number of aliphatic hydroxyl groups excluding tert-OH is 4. The van der Waals surface area contributed by atoms with Crippen LogP contribution in [0.1, 0.15) is 50.8 Å². The van der Waals surface area contributed by atoms with E-state index in [2.05, 4.69) is 15.8 Å². The molecule has 51 heavy (non-hydrogen) atoms. The molecule has 0 spiro atoms. The van der Waals surface area contributed by atoms with Gasteiger partial charge in [0.1, 0.15) is 17.6 Å². The Balaban J connectivity index is 1.09. The fourth-order valence-corrected chi connectivity index (χ4v) is 5.98. The summed E-state index contributed by atoms with van der Waals surface area (Å²) in [7, 11) is 3.04. The van der Waals surface area contributed by atoms with Gasteiger partial charge in [-0.1, -0.05) is 23.4 Å². The van der Waals surface area contributed by atoms with E-state index in [4.69, 9.17) is 23.5 Å². The first-order valence-electron chi connectivity index (χ1n) is 16.3. The number of anilines is 1. The fraction of sp³-hybridized carbons (Fsp3) is 0.263. The molecule has 0 saturated heterocycles. The molecular weight excluding hydrogens is 658 g/mol. The van der Waals surface area contributed by atoms with Crippen LogP contribution in [-0.2, 0) is 26.4 Å². The fourth-order valence-electron chi connectivity index (χ4n) is 5.98. The number of ether oxygens (including phenoxy) is 4. The van der Waals surface area contributed by atoms with E-state index in [-0.39, 0.29) is 38.9 Å². The summed E-state index contributed by atoms with van der Waals surface area (Å²) in [5.41, 5.74) is 5.83. The Morgan fingerprint density at radius 3 is 2.08 bits per heavy atom. The van der Waals surface area contributed by atoms with Crippen LogP contribution in [0.15, 0.2) is 77.3 Å². The highest BCUT2D eigenvalue weighted by atomic mass is 16.5. The van der Waals surface area contributed by atoms with Crippen LogP contribution < -0.4 is 29.6 Å². The zero-order chi connectivity index (χ0) is 35.9. The SMILES string of the molecule is COc1cc(-c2cc(-c3cc(CO)c(CO)c(CO)c3)on2)cc(OC)c1OCCCOc1ccc(C2NC(=O)c3ccccc3N2)cc1CO. The number of para-hydroxylation sites is 1. The van der Waals surface area contributed by atoms with Crippen LogP contribution in [0.25, 0.3) is 22.6 Å². The summed E-state index contributed by atoms with van der Waals surface area (Å²) < 4.78 is 29.0. The van der Waals surface area contributed by atoms with E-state index in [0.29, 0.717) is 86.4 Å². The molecular formula is C38H39N3O10. The van der Waals surface area contributed by atoms with Crippen LogP contribution in [0.3, 0.4) is 0 Å². The van der Waals surface area contributed by atoms with Crippen molar-refractivity contribution in [3.63, 3.8) is 0 Å². The minimum absolute atomic E-state index is 0.173. The molecule has 1 atom stereocenters. The van der Waals surface area contributed by atoms with Gasteiger partial charge in [0.15, 0.2) is 17.3 Å². The van der Waals surface area contributed by atoms with Gasteiger partial charge in [-0.05, 0) is 70.8 Å². The number of methoxy groups -OCH3 is 2. The minimum atomic E-state index is -0.451. The van der Waals surface area contributed by atoms with E-state index in [1.54, 1.807) is 48.5 Å². The molecule has 266 valence electrons. The lowest BCUT2D eigenvalue weighted by Gasteiger charge is -2.28. The largest absolute Gasteiger partial charge is 0.493 e. The van der Waals surface area contributed by atoms with Gasteiger partial charge in [0.05, 0.1) is 59.4 Å². The Labute approximate surface area is 294 Å². The van der Waals surface area contributed by atoms with Crippen LogP contribution in [0, 0.1) is 0 Å². The maximum Gasteiger partial charge on any atom is 0.255 e. The maximum atomic E-state index is 12.6. The topological polar surface area (TPSA) is 185 Å². The van der Waals surface area contributed by atoms with E-state index in [9.17, 15) is 25.2 Å². The van der Waals surface area contributed by atoms with Gasteiger partial charge in [0.2, 0.25) is 5.75 Å². The Bertz CT molecular complexity index is 1960. The number of rotatable bonds is 15. The number of carbonyl (C=O) groups excluding carboxylic acids is 1. The lowest BCUT2D eigenvalue weighted by atomic mass is 9.97. The van der Waals surface area contributed by atoms with E-state index in [1.165, 1.54) is 14.2 Å². The first-order valence-corrected chi connectivity index (χ1v) is 16.3. The molecule has 6 N–H and O–H groups in total. The number of amides is 1. The molecule has 0 saturated carbocycles. The lowest BCUT2D eigenvalue weighted by molar-refractivity contribution is 0.0935. The number of aliphatic hydroxyl groups is 4. The summed E-state index contributed by atoms with van der Waals surface area (Å²) in [5, 5.41) is 49.9. The normalized spacial score (nSPS) is 13.6. The number of nitrogens with one attached hydrogen (secondary N) is 2. The molecule has 5 aromatic rings. The third kappa shape index (κ3) is 7.47. The van der Waals surface area contributed by atoms with Crippen molar-refractivity contribution in [3.8, 4) is 45.6 Å². The summed E-state index contributed by atoms with van der Waals surface area (Å²) >= 11 is 0. The van der Waals surface area contributed by atoms with Gasteiger partial charge in [-0.2, -0.15) is 0 Å². The van der Waals surface area contributed by atoms with Crippen molar-refractivity contribution < 1.29 is 48.7 Å². The number of nitrogens with zero attached hydrogens (tertiary/aromatic N) is 1.